The highest BCUT2D eigenvalue weighted by Gasteiger charge is 2.10. The van der Waals surface area contributed by atoms with Gasteiger partial charge in [-0.15, -0.1) is 0 Å². The van der Waals surface area contributed by atoms with Crippen molar-refractivity contribution < 1.29 is 4.74 Å². The topological polar surface area (TPSA) is 47.3 Å². The monoisotopic (exact) mass is 200 g/mol. The minimum atomic E-state index is 0.710. The molecule has 72 valence electrons. The summed E-state index contributed by atoms with van der Waals surface area (Å²) in [4.78, 5) is 0. The van der Waals surface area contributed by atoms with Crippen LogP contribution in [-0.2, 0) is 0 Å². The number of methoxy groups -OCH3 is 1. The molecule has 0 bridgehead atoms. The van der Waals surface area contributed by atoms with E-state index in [1.165, 1.54) is 0 Å². The third-order valence-corrected chi connectivity index (χ3v) is 2.59. The second-order valence-electron chi connectivity index (χ2n) is 2.85. The smallest absolute Gasteiger partial charge is 0.143 e. The van der Waals surface area contributed by atoms with E-state index in [1.807, 2.05) is 19.9 Å². The Balaban J connectivity index is 3.39. The highest BCUT2D eigenvalue weighted by Crippen LogP contribution is 2.34. The van der Waals surface area contributed by atoms with Gasteiger partial charge in [0.05, 0.1) is 12.8 Å². The first-order valence-electron chi connectivity index (χ1n) is 3.92. The maximum absolute atomic E-state index is 6.04. The van der Waals surface area contributed by atoms with Gasteiger partial charge in [0, 0.05) is 5.02 Å². The highest BCUT2D eigenvalue weighted by molar-refractivity contribution is 6.32. The first-order valence-corrected chi connectivity index (χ1v) is 4.30. The van der Waals surface area contributed by atoms with Crippen LogP contribution in [0, 0.1) is 13.8 Å². The largest absolute Gasteiger partial charge is 0.495 e. The summed E-state index contributed by atoms with van der Waals surface area (Å²) in [5.74, 6) is 6.07. The molecule has 0 aromatic heterocycles. The van der Waals surface area contributed by atoms with E-state index >= 15 is 0 Å². The summed E-state index contributed by atoms with van der Waals surface area (Å²) in [6.45, 7) is 3.82. The summed E-state index contributed by atoms with van der Waals surface area (Å²) in [5, 5.41) is 0.716. The molecule has 0 amide bonds. The Hall–Kier alpha value is -0.930. The van der Waals surface area contributed by atoms with Crippen molar-refractivity contribution in [2.24, 2.45) is 5.84 Å². The van der Waals surface area contributed by atoms with Crippen LogP contribution in [-0.4, -0.2) is 7.11 Å². The zero-order valence-corrected chi connectivity index (χ0v) is 8.70. The third-order valence-electron chi connectivity index (χ3n) is 2.01. The van der Waals surface area contributed by atoms with Crippen molar-refractivity contribution in [3.63, 3.8) is 0 Å². The standard InChI is InChI=1S/C9H13ClN2O/c1-5-4-7(13-3)9(12-11)6(2)8(5)10/h4,12H,11H2,1-3H3. The van der Waals surface area contributed by atoms with Crippen LogP contribution in [0.15, 0.2) is 6.07 Å². The van der Waals surface area contributed by atoms with Gasteiger partial charge in [-0.1, -0.05) is 11.6 Å². The van der Waals surface area contributed by atoms with Crippen LogP contribution in [0.25, 0.3) is 0 Å². The van der Waals surface area contributed by atoms with Crippen LogP contribution >= 0.6 is 11.6 Å². The zero-order chi connectivity index (χ0) is 10.0. The molecule has 0 aliphatic carbocycles. The molecule has 0 aliphatic heterocycles. The lowest BCUT2D eigenvalue weighted by molar-refractivity contribution is 0.416. The van der Waals surface area contributed by atoms with Crippen molar-refractivity contribution in [2.45, 2.75) is 13.8 Å². The summed E-state index contributed by atoms with van der Waals surface area (Å²) in [5.41, 5.74) is 5.19. The van der Waals surface area contributed by atoms with Crippen LogP contribution in [0.2, 0.25) is 5.02 Å². The van der Waals surface area contributed by atoms with Gasteiger partial charge >= 0.3 is 0 Å². The number of nitrogens with two attached hydrogens (primary N) is 1. The normalized spacial score (nSPS) is 9.92. The van der Waals surface area contributed by atoms with E-state index in [0.717, 1.165) is 16.8 Å². The fourth-order valence-electron chi connectivity index (χ4n) is 1.26. The quantitative estimate of drug-likeness (QED) is 0.569. The molecule has 13 heavy (non-hydrogen) atoms. The van der Waals surface area contributed by atoms with Gasteiger partial charge < -0.3 is 10.2 Å². The summed E-state index contributed by atoms with van der Waals surface area (Å²) in [6.07, 6.45) is 0. The lowest BCUT2D eigenvalue weighted by Gasteiger charge is -2.13. The van der Waals surface area contributed by atoms with E-state index in [0.29, 0.717) is 10.8 Å². The average molecular weight is 201 g/mol. The number of aryl methyl sites for hydroxylation is 1. The molecule has 3 N–H and O–H groups in total. The van der Waals surface area contributed by atoms with Gasteiger partial charge in [0.1, 0.15) is 5.75 Å². The Kier molecular flexibility index (Phi) is 3.01. The SMILES string of the molecule is COc1cc(C)c(Cl)c(C)c1NN. The Bertz CT molecular complexity index is 326. The number of halogens is 1. The highest BCUT2D eigenvalue weighted by atomic mass is 35.5. The molecule has 0 unspecified atom stereocenters. The van der Waals surface area contributed by atoms with Gasteiger partial charge in [-0.3, -0.25) is 5.84 Å². The van der Waals surface area contributed by atoms with Gasteiger partial charge in [-0.2, -0.15) is 0 Å². The van der Waals surface area contributed by atoms with Crippen molar-refractivity contribution in [3.05, 3.63) is 22.2 Å². The van der Waals surface area contributed by atoms with Crippen molar-refractivity contribution in [3.8, 4) is 5.75 Å². The summed E-state index contributed by atoms with van der Waals surface area (Å²) in [6, 6.07) is 1.85. The van der Waals surface area contributed by atoms with Crippen molar-refractivity contribution in [2.75, 3.05) is 12.5 Å². The van der Waals surface area contributed by atoms with E-state index in [9.17, 15) is 0 Å². The molecule has 4 heteroatoms. The van der Waals surface area contributed by atoms with Crippen LogP contribution in [0.5, 0.6) is 5.75 Å². The Morgan fingerprint density at radius 2 is 2.08 bits per heavy atom. The lowest BCUT2D eigenvalue weighted by Crippen LogP contribution is -2.10. The fourth-order valence-corrected chi connectivity index (χ4v) is 1.41. The van der Waals surface area contributed by atoms with Gasteiger partial charge in [-0.05, 0) is 31.0 Å². The van der Waals surface area contributed by atoms with Crippen LogP contribution in [0.4, 0.5) is 5.69 Å². The first-order chi connectivity index (χ1) is 6.11. The number of rotatable bonds is 2. The van der Waals surface area contributed by atoms with E-state index in [1.54, 1.807) is 7.11 Å². The minimum absolute atomic E-state index is 0.710. The molecule has 0 radical (unpaired) electrons. The lowest BCUT2D eigenvalue weighted by atomic mass is 10.1. The van der Waals surface area contributed by atoms with Crippen molar-refractivity contribution in [1.29, 1.82) is 0 Å². The molecule has 0 saturated carbocycles. The van der Waals surface area contributed by atoms with Crippen LogP contribution < -0.4 is 16.0 Å². The minimum Gasteiger partial charge on any atom is -0.495 e. The number of hydrogen-bond donors (Lipinski definition) is 2. The van der Waals surface area contributed by atoms with Crippen molar-refractivity contribution >= 4 is 17.3 Å². The fraction of sp³-hybridized carbons (Fsp3) is 0.333. The van der Waals surface area contributed by atoms with Gasteiger partial charge in [-0.25, -0.2) is 0 Å². The molecular formula is C9H13ClN2O. The molecule has 0 saturated heterocycles. The maximum atomic E-state index is 6.04. The second kappa shape index (κ2) is 3.85. The van der Waals surface area contributed by atoms with Crippen LogP contribution in [0.1, 0.15) is 11.1 Å². The second-order valence-corrected chi connectivity index (χ2v) is 3.23. The molecule has 0 aliphatic rings. The zero-order valence-electron chi connectivity index (χ0n) is 7.94. The number of ether oxygens (including phenoxy) is 1. The predicted molar refractivity (Wildman–Crippen MR) is 55.3 cm³/mol. The molecule has 0 spiro atoms. The predicted octanol–water partition coefficient (Wildman–Crippen LogP) is 2.25. The Morgan fingerprint density at radius 3 is 2.54 bits per heavy atom. The molecular weight excluding hydrogens is 188 g/mol. The van der Waals surface area contributed by atoms with Gasteiger partial charge in [0.25, 0.3) is 0 Å². The molecule has 3 nitrogen and oxygen atoms in total. The van der Waals surface area contributed by atoms with E-state index in [4.69, 9.17) is 22.2 Å². The summed E-state index contributed by atoms with van der Waals surface area (Å²) < 4.78 is 5.15. The van der Waals surface area contributed by atoms with Crippen LogP contribution in [0.3, 0.4) is 0 Å². The van der Waals surface area contributed by atoms with Gasteiger partial charge in [0.2, 0.25) is 0 Å². The number of anilines is 1. The molecule has 1 aromatic carbocycles. The number of nitrogen functional groups attached to an aromatic ring is 1. The number of nitrogens with one attached hydrogen (secondary N) is 1. The maximum Gasteiger partial charge on any atom is 0.143 e. The Labute approximate surface area is 82.8 Å². The summed E-state index contributed by atoms with van der Waals surface area (Å²) in [7, 11) is 1.60. The molecule has 0 heterocycles. The molecule has 1 rings (SSSR count). The first kappa shape index (κ1) is 10.2. The van der Waals surface area contributed by atoms with Gasteiger partial charge in [0.15, 0.2) is 0 Å². The van der Waals surface area contributed by atoms with E-state index < -0.39 is 0 Å². The number of hydrogen-bond acceptors (Lipinski definition) is 3. The number of benzene rings is 1. The summed E-state index contributed by atoms with van der Waals surface area (Å²) >= 11 is 6.04. The molecule has 1 aromatic rings. The average Bonchev–Trinajstić information content (AvgIpc) is 2.13. The third kappa shape index (κ3) is 1.71. The number of hydrazine groups is 1. The molecule has 0 fully saturated rings. The van der Waals surface area contributed by atoms with E-state index in [-0.39, 0.29) is 0 Å². The Morgan fingerprint density at radius 1 is 1.46 bits per heavy atom. The van der Waals surface area contributed by atoms with Crippen molar-refractivity contribution in [1.82, 2.24) is 0 Å². The molecule has 0 atom stereocenters. The van der Waals surface area contributed by atoms with E-state index in [2.05, 4.69) is 5.43 Å².